The van der Waals surface area contributed by atoms with Gasteiger partial charge in [-0.2, -0.15) is 0 Å². The molecule has 3 aromatic heterocycles. The van der Waals surface area contributed by atoms with Crippen molar-refractivity contribution in [3.8, 4) is 23.0 Å². The van der Waals surface area contributed by atoms with Gasteiger partial charge in [0.15, 0.2) is 0 Å². The maximum absolute atomic E-state index is 9.31. The summed E-state index contributed by atoms with van der Waals surface area (Å²) in [4.78, 5) is 8.27. The summed E-state index contributed by atoms with van der Waals surface area (Å²) in [5.74, 6) is 0.435. The first-order chi connectivity index (χ1) is 10.8. The monoisotopic (exact) mass is 296 g/mol. The van der Waals surface area contributed by atoms with Gasteiger partial charge in [-0.3, -0.25) is 9.97 Å². The summed E-state index contributed by atoms with van der Waals surface area (Å²) in [5, 5.41) is 34.6. The molecule has 8 nitrogen and oxygen atoms in total. The molecule has 0 saturated carbocycles. The van der Waals surface area contributed by atoms with Crippen LogP contribution in [0.1, 0.15) is 11.1 Å². The van der Waals surface area contributed by atoms with E-state index in [1.54, 1.807) is 36.7 Å². The number of hydrogen-bond acceptors (Lipinski definition) is 8. The van der Waals surface area contributed by atoms with Crippen LogP contribution in [0, 0.1) is 0 Å². The lowest BCUT2D eigenvalue weighted by Crippen LogP contribution is -2.05. The summed E-state index contributed by atoms with van der Waals surface area (Å²) < 4.78 is 0. The van der Waals surface area contributed by atoms with Crippen molar-refractivity contribution in [3.63, 3.8) is 0 Å². The maximum atomic E-state index is 9.31. The lowest BCUT2D eigenvalue weighted by molar-refractivity contribution is 0.281. The van der Waals surface area contributed by atoms with Crippen LogP contribution in [0.15, 0.2) is 36.7 Å². The van der Waals surface area contributed by atoms with Gasteiger partial charge in [0, 0.05) is 23.5 Å². The Morgan fingerprint density at radius 2 is 1.09 bits per heavy atom. The maximum Gasteiger partial charge on any atom is 0.222 e. The average Bonchev–Trinajstić information content (AvgIpc) is 2.62. The Balaban J connectivity index is 2.00. The molecule has 3 heterocycles. The van der Waals surface area contributed by atoms with Gasteiger partial charge in [-0.25, -0.2) is 0 Å². The molecule has 3 aromatic rings. The Labute approximate surface area is 125 Å². The smallest absolute Gasteiger partial charge is 0.222 e. The Hall–Kier alpha value is -2.84. The van der Waals surface area contributed by atoms with Crippen LogP contribution in [0.3, 0.4) is 0 Å². The van der Waals surface area contributed by atoms with Crippen LogP contribution < -0.4 is 0 Å². The number of aliphatic hydroxyl groups is 2. The fraction of sp³-hybridized carbons (Fsp3) is 0.143. The van der Waals surface area contributed by atoms with Crippen LogP contribution in [0.2, 0.25) is 0 Å². The summed E-state index contributed by atoms with van der Waals surface area (Å²) in [6.45, 7) is -0.355. The van der Waals surface area contributed by atoms with E-state index in [4.69, 9.17) is 0 Å². The molecule has 0 radical (unpaired) electrons. The lowest BCUT2D eigenvalue weighted by atomic mass is 10.2. The molecule has 0 fully saturated rings. The summed E-state index contributed by atoms with van der Waals surface area (Å²) in [6, 6.07) is 6.88. The summed E-state index contributed by atoms with van der Waals surface area (Å²) in [7, 11) is 0. The first-order valence-electron chi connectivity index (χ1n) is 6.51. The molecule has 0 unspecified atom stereocenters. The number of nitrogens with zero attached hydrogens (tertiary/aromatic N) is 6. The van der Waals surface area contributed by atoms with Crippen LogP contribution in [0.4, 0.5) is 0 Å². The molecule has 0 aromatic carbocycles. The highest BCUT2D eigenvalue weighted by atomic mass is 16.3. The summed E-state index contributed by atoms with van der Waals surface area (Å²) in [6.07, 6.45) is 3.16. The standard InChI is InChI=1S/C14H12N6O2/c21-7-9-3-1-5-15-11(9)13-17-19-14(20-18-13)12-10(8-22)4-2-6-16-12/h1-6,21-22H,7-8H2. The SMILES string of the molecule is OCc1cccnc1-c1nnc(-c2ncccc2CO)nn1. The van der Waals surface area contributed by atoms with E-state index in [1.807, 2.05) is 0 Å². The van der Waals surface area contributed by atoms with Gasteiger partial charge >= 0.3 is 0 Å². The zero-order valence-corrected chi connectivity index (χ0v) is 11.5. The fourth-order valence-electron chi connectivity index (χ4n) is 1.95. The van der Waals surface area contributed by atoms with E-state index in [2.05, 4.69) is 30.4 Å². The van der Waals surface area contributed by atoms with Crippen molar-refractivity contribution in [1.29, 1.82) is 0 Å². The predicted molar refractivity (Wildman–Crippen MR) is 75.9 cm³/mol. The Morgan fingerprint density at radius 3 is 1.45 bits per heavy atom. The molecule has 0 bridgehead atoms. The van der Waals surface area contributed by atoms with Crippen LogP contribution in [0.25, 0.3) is 23.0 Å². The van der Waals surface area contributed by atoms with Crippen molar-refractivity contribution < 1.29 is 10.2 Å². The summed E-state index contributed by atoms with van der Waals surface area (Å²) >= 11 is 0. The molecule has 0 aliphatic rings. The molecule has 8 heteroatoms. The van der Waals surface area contributed by atoms with E-state index in [1.165, 1.54) is 0 Å². The van der Waals surface area contributed by atoms with Gasteiger partial charge in [-0.1, -0.05) is 12.1 Å². The van der Waals surface area contributed by atoms with Crippen molar-refractivity contribution >= 4 is 0 Å². The molecule has 0 saturated heterocycles. The quantitative estimate of drug-likeness (QED) is 0.709. The predicted octanol–water partition coefficient (Wildman–Crippen LogP) is 0.375. The van der Waals surface area contributed by atoms with E-state index in [-0.39, 0.29) is 24.9 Å². The highest BCUT2D eigenvalue weighted by Gasteiger charge is 2.13. The average molecular weight is 296 g/mol. The molecule has 0 aliphatic heterocycles. The van der Waals surface area contributed by atoms with Crippen molar-refractivity contribution in [3.05, 3.63) is 47.8 Å². The zero-order valence-electron chi connectivity index (χ0n) is 11.5. The molecular formula is C14H12N6O2. The molecule has 0 atom stereocenters. The van der Waals surface area contributed by atoms with E-state index in [0.717, 1.165) is 0 Å². The second-order valence-electron chi connectivity index (χ2n) is 4.39. The molecular weight excluding hydrogens is 284 g/mol. The first kappa shape index (κ1) is 14.1. The number of aliphatic hydroxyl groups excluding tert-OH is 2. The topological polar surface area (TPSA) is 118 Å². The minimum absolute atomic E-state index is 0.177. The Kier molecular flexibility index (Phi) is 4.03. The van der Waals surface area contributed by atoms with Crippen molar-refractivity contribution in [2.45, 2.75) is 13.2 Å². The lowest BCUT2D eigenvalue weighted by Gasteiger charge is -2.05. The van der Waals surface area contributed by atoms with Crippen LogP contribution in [-0.4, -0.2) is 40.6 Å². The largest absolute Gasteiger partial charge is 0.392 e. The zero-order chi connectivity index (χ0) is 15.4. The van der Waals surface area contributed by atoms with Gasteiger partial charge in [0.1, 0.15) is 11.4 Å². The van der Waals surface area contributed by atoms with E-state index >= 15 is 0 Å². The second kappa shape index (κ2) is 6.29. The summed E-state index contributed by atoms with van der Waals surface area (Å²) in [5.41, 5.74) is 2.04. The number of aromatic nitrogens is 6. The first-order valence-corrected chi connectivity index (χ1v) is 6.51. The van der Waals surface area contributed by atoms with Crippen molar-refractivity contribution in [2.75, 3.05) is 0 Å². The molecule has 0 spiro atoms. The van der Waals surface area contributed by atoms with Crippen LogP contribution in [0.5, 0.6) is 0 Å². The van der Waals surface area contributed by atoms with E-state index in [9.17, 15) is 10.2 Å². The second-order valence-corrected chi connectivity index (χ2v) is 4.39. The molecule has 2 N–H and O–H groups in total. The van der Waals surface area contributed by atoms with Gasteiger partial charge in [0.2, 0.25) is 11.6 Å². The molecule has 3 rings (SSSR count). The fourth-order valence-corrected chi connectivity index (χ4v) is 1.95. The molecule has 0 aliphatic carbocycles. The molecule has 110 valence electrons. The van der Waals surface area contributed by atoms with Crippen molar-refractivity contribution in [1.82, 2.24) is 30.4 Å². The normalized spacial score (nSPS) is 10.6. The highest BCUT2D eigenvalue weighted by molar-refractivity contribution is 5.56. The van der Waals surface area contributed by atoms with Gasteiger partial charge in [-0.05, 0) is 12.1 Å². The Bertz CT molecular complexity index is 712. The minimum Gasteiger partial charge on any atom is -0.392 e. The van der Waals surface area contributed by atoms with Crippen LogP contribution in [-0.2, 0) is 13.2 Å². The third kappa shape index (κ3) is 2.65. The van der Waals surface area contributed by atoms with Gasteiger partial charge < -0.3 is 10.2 Å². The van der Waals surface area contributed by atoms with E-state index < -0.39 is 0 Å². The molecule has 22 heavy (non-hydrogen) atoms. The van der Waals surface area contributed by atoms with Crippen LogP contribution >= 0.6 is 0 Å². The number of pyridine rings is 2. The number of hydrogen-bond donors (Lipinski definition) is 2. The van der Waals surface area contributed by atoms with Gasteiger partial charge in [0.05, 0.1) is 13.2 Å². The van der Waals surface area contributed by atoms with Gasteiger partial charge in [0.25, 0.3) is 0 Å². The number of rotatable bonds is 4. The third-order valence-corrected chi connectivity index (χ3v) is 3.03. The third-order valence-electron chi connectivity index (χ3n) is 3.03. The minimum atomic E-state index is -0.177. The van der Waals surface area contributed by atoms with Crippen molar-refractivity contribution in [2.24, 2.45) is 0 Å². The van der Waals surface area contributed by atoms with E-state index in [0.29, 0.717) is 22.5 Å². The van der Waals surface area contributed by atoms with Gasteiger partial charge in [-0.15, -0.1) is 20.4 Å². The highest BCUT2D eigenvalue weighted by Crippen LogP contribution is 2.19. The molecule has 0 amide bonds. The Morgan fingerprint density at radius 1 is 0.682 bits per heavy atom.